The highest BCUT2D eigenvalue weighted by molar-refractivity contribution is 5.31. The maximum atomic E-state index is 3.75. The Hall–Kier alpha value is -0.860. The number of nitrogens with one attached hydrogen (secondary N) is 1. The van der Waals surface area contributed by atoms with Crippen molar-refractivity contribution < 1.29 is 0 Å². The minimum Gasteiger partial charge on any atom is -0.312 e. The topological polar surface area (TPSA) is 15.3 Å². The molecular weight excluding hydrogens is 244 g/mol. The summed E-state index contributed by atoms with van der Waals surface area (Å²) in [5, 5.41) is 3.75. The molecular formula is C18H26N2. The zero-order chi connectivity index (χ0) is 13.4. The molecule has 2 heterocycles. The van der Waals surface area contributed by atoms with Crippen molar-refractivity contribution in [2.75, 3.05) is 19.6 Å². The summed E-state index contributed by atoms with van der Waals surface area (Å²) >= 11 is 0. The molecule has 2 heteroatoms. The van der Waals surface area contributed by atoms with Gasteiger partial charge in [-0.2, -0.15) is 0 Å². The van der Waals surface area contributed by atoms with Gasteiger partial charge in [0.1, 0.15) is 0 Å². The van der Waals surface area contributed by atoms with Gasteiger partial charge in [0.15, 0.2) is 0 Å². The van der Waals surface area contributed by atoms with Crippen LogP contribution in [0.5, 0.6) is 0 Å². The SMILES string of the molecule is c1ccc2c(c1)CCCCC2N1C[C@@H]2CCCN[C@@H]2C1. The monoisotopic (exact) mass is 270 g/mol. The molecule has 3 atom stereocenters. The van der Waals surface area contributed by atoms with E-state index in [9.17, 15) is 0 Å². The molecule has 108 valence electrons. The second-order valence-corrected chi connectivity index (χ2v) is 6.88. The van der Waals surface area contributed by atoms with Crippen LogP contribution in [0.4, 0.5) is 0 Å². The van der Waals surface area contributed by atoms with Crippen LogP contribution in [-0.4, -0.2) is 30.6 Å². The van der Waals surface area contributed by atoms with Crippen molar-refractivity contribution in [3.05, 3.63) is 35.4 Å². The summed E-state index contributed by atoms with van der Waals surface area (Å²) in [4.78, 5) is 2.79. The molecule has 2 nitrogen and oxygen atoms in total. The molecule has 1 aromatic rings. The molecule has 2 saturated heterocycles. The van der Waals surface area contributed by atoms with E-state index in [-0.39, 0.29) is 0 Å². The van der Waals surface area contributed by atoms with Gasteiger partial charge in [0, 0.05) is 25.2 Å². The Morgan fingerprint density at radius 2 is 1.95 bits per heavy atom. The summed E-state index contributed by atoms with van der Waals surface area (Å²) < 4.78 is 0. The minimum absolute atomic E-state index is 0.682. The van der Waals surface area contributed by atoms with Gasteiger partial charge in [-0.05, 0) is 55.7 Å². The van der Waals surface area contributed by atoms with E-state index in [1.165, 1.54) is 58.2 Å². The summed E-state index contributed by atoms with van der Waals surface area (Å²) in [5.41, 5.74) is 3.24. The van der Waals surface area contributed by atoms with E-state index < -0.39 is 0 Å². The third kappa shape index (κ3) is 2.29. The number of aryl methyl sites for hydroxylation is 1. The number of hydrogen-bond donors (Lipinski definition) is 1. The van der Waals surface area contributed by atoms with Crippen molar-refractivity contribution in [2.45, 2.75) is 50.6 Å². The van der Waals surface area contributed by atoms with Gasteiger partial charge < -0.3 is 5.32 Å². The van der Waals surface area contributed by atoms with Crippen molar-refractivity contribution in [2.24, 2.45) is 5.92 Å². The van der Waals surface area contributed by atoms with E-state index in [1.807, 2.05) is 0 Å². The highest BCUT2D eigenvalue weighted by Gasteiger charge is 2.38. The van der Waals surface area contributed by atoms with Crippen LogP contribution in [0.15, 0.2) is 24.3 Å². The second-order valence-electron chi connectivity index (χ2n) is 6.88. The van der Waals surface area contributed by atoms with E-state index in [0.29, 0.717) is 6.04 Å². The highest BCUT2D eigenvalue weighted by atomic mass is 15.2. The van der Waals surface area contributed by atoms with E-state index >= 15 is 0 Å². The lowest BCUT2D eigenvalue weighted by Crippen LogP contribution is -2.40. The Labute approximate surface area is 122 Å². The van der Waals surface area contributed by atoms with E-state index in [0.717, 1.165) is 12.0 Å². The normalized spacial score (nSPS) is 34.3. The van der Waals surface area contributed by atoms with Crippen LogP contribution < -0.4 is 5.32 Å². The molecule has 1 aromatic carbocycles. The van der Waals surface area contributed by atoms with Crippen molar-refractivity contribution in [3.8, 4) is 0 Å². The standard InChI is InChI=1S/C18H26N2/c1-3-9-16-14(6-1)7-2-4-10-18(16)20-12-15-8-5-11-19-17(15)13-20/h1,3,6,9,15,17-19H,2,4-5,7-8,10-13H2/t15-,17+,18?/m0/s1. The molecule has 20 heavy (non-hydrogen) atoms. The lowest BCUT2D eigenvalue weighted by molar-refractivity contribution is 0.222. The zero-order valence-electron chi connectivity index (χ0n) is 12.4. The predicted molar refractivity (Wildman–Crippen MR) is 82.8 cm³/mol. The van der Waals surface area contributed by atoms with Gasteiger partial charge in [0.05, 0.1) is 0 Å². The lowest BCUT2D eigenvalue weighted by atomic mass is 9.94. The summed E-state index contributed by atoms with van der Waals surface area (Å²) in [6, 6.07) is 10.6. The number of fused-ring (bicyclic) bond motifs is 2. The Bertz CT molecular complexity index is 456. The van der Waals surface area contributed by atoms with Crippen LogP contribution in [0.25, 0.3) is 0 Å². The van der Waals surface area contributed by atoms with Crippen LogP contribution in [0, 0.1) is 5.92 Å². The number of hydrogen-bond acceptors (Lipinski definition) is 2. The molecule has 0 saturated carbocycles. The van der Waals surface area contributed by atoms with Gasteiger partial charge in [-0.25, -0.2) is 0 Å². The van der Waals surface area contributed by atoms with Gasteiger partial charge >= 0.3 is 0 Å². The van der Waals surface area contributed by atoms with Gasteiger partial charge in [-0.1, -0.05) is 30.7 Å². The average molecular weight is 270 g/mol. The molecule has 0 bridgehead atoms. The molecule has 1 N–H and O–H groups in total. The van der Waals surface area contributed by atoms with Crippen molar-refractivity contribution in [3.63, 3.8) is 0 Å². The largest absolute Gasteiger partial charge is 0.312 e. The lowest BCUT2D eigenvalue weighted by Gasteiger charge is -2.28. The highest BCUT2D eigenvalue weighted by Crippen LogP contribution is 2.37. The van der Waals surface area contributed by atoms with Crippen LogP contribution in [0.1, 0.15) is 49.3 Å². The van der Waals surface area contributed by atoms with Crippen LogP contribution in [0.2, 0.25) is 0 Å². The molecule has 1 unspecified atom stereocenters. The Morgan fingerprint density at radius 1 is 1.00 bits per heavy atom. The van der Waals surface area contributed by atoms with Gasteiger partial charge in [-0.3, -0.25) is 4.90 Å². The maximum Gasteiger partial charge on any atom is 0.0351 e. The Balaban J connectivity index is 1.59. The number of likely N-dealkylation sites (tertiary alicyclic amines) is 1. The quantitative estimate of drug-likeness (QED) is 0.789. The first-order valence-corrected chi connectivity index (χ1v) is 8.47. The Kier molecular flexibility index (Phi) is 3.53. The van der Waals surface area contributed by atoms with Crippen molar-refractivity contribution in [1.29, 1.82) is 0 Å². The Morgan fingerprint density at radius 3 is 2.90 bits per heavy atom. The smallest absolute Gasteiger partial charge is 0.0351 e. The molecule has 3 aliphatic rings. The van der Waals surface area contributed by atoms with Crippen molar-refractivity contribution in [1.82, 2.24) is 10.2 Å². The van der Waals surface area contributed by atoms with E-state index in [4.69, 9.17) is 0 Å². The van der Waals surface area contributed by atoms with Crippen LogP contribution in [-0.2, 0) is 6.42 Å². The maximum absolute atomic E-state index is 3.75. The first-order valence-electron chi connectivity index (χ1n) is 8.47. The fourth-order valence-electron chi connectivity index (χ4n) is 4.61. The fourth-order valence-corrected chi connectivity index (χ4v) is 4.61. The average Bonchev–Trinajstić information content (AvgIpc) is 2.80. The number of piperidine rings is 1. The third-order valence-corrected chi connectivity index (χ3v) is 5.66. The van der Waals surface area contributed by atoms with E-state index in [2.05, 4.69) is 34.5 Å². The zero-order valence-corrected chi connectivity index (χ0v) is 12.4. The van der Waals surface area contributed by atoms with Crippen LogP contribution >= 0.6 is 0 Å². The number of nitrogens with zero attached hydrogens (tertiary/aromatic N) is 1. The van der Waals surface area contributed by atoms with Gasteiger partial charge in [-0.15, -0.1) is 0 Å². The third-order valence-electron chi connectivity index (χ3n) is 5.66. The molecule has 0 aromatic heterocycles. The molecule has 0 amide bonds. The molecule has 1 aliphatic carbocycles. The number of rotatable bonds is 1. The summed E-state index contributed by atoms with van der Waals surface area (Å²) in [6.07, 6.45) is 8.20. The second kappa shape index (κ2) is 5.50. The molecule has 4 rings (SSSR count). The number of benzene rings is 1. The summed E-state index contributed by atoms with van der Waals surface area (Å²) in [7, 11) is 0. The summed E-state index contributed by atoms with van der Waals surface area (Å²) in [5.74, 6) is 0.902. The molecule has 0 radical (unpaired) electrons. The molecule has 0 spiro atoms. The fraction of sp³-hybridized carbons (Fsp3) is 0.667. The van der Waals surface area contributed by atoms with Gasteiger partial charge in [0.25, 0.3) is 0 Å². The molecule has 2 aliphatic heterocycles. The minimum atomic E-state index is 0.682. The molecule has 2 fully saturated rings. The van der Waals surface area contributed by atoms with E-state index in [1.54, 1.807) is 11.1 Å². The predicted octanol–water partition coefficient (Wildman–Crippen LogP) is 3.14. The first kappa shape index (κ1) is 12.8. The van der Waals surface area contributed by atoms with Crippen LogP contribution in [0.3, 0.4) is 0 Å². The van der Waals surface area contributed by atoms with Crippen molar-refractivity contribution >= 4 is 0 Å². The summed E-state index contributed by atoms with van der Waals surface area (Å²) in [6.45, 7) is 3.82. The first-order chi connectivity index (χ1) is 9.92. The van der Waals surface area contributed by atoms with Gasteiger partial charge in [0.2, 0.25) is 0 Å².